The quantitative estimate of drug-likeness (QED) is 0.351. The van der Waals surface area contributed by atoms with E-state index in [0.717, 1.165) is 0 Å². The molecule has 0 aromatic rings. The SMILES string of the molecule is C[C-]=O.C[C-]=O.O.[Fe+2]. The molecule has 0 spiro atoms. The van der Waals surface area contributed by atoms with Crippen molar-refractivity contribution in [3.63, 3.8) is 0 Å². The molecule has 8 heavy (non-hydrogen) atoms. The Morgan fingerprint density at radius 2 is 1.00 bits per heavy atom. The van der Waals surface area contributed by atoms with Crippen molar-refractivity contribution in [3.05, 3.63) is 0 Å². The van der Waals surface area contributed by atoms with Crippen molar-refractivity contribution in [2.45, 2.75) is 13.8 Å². The summed E-state index contributed by atoms with van der Waals surface area (Å²) in [6.07, 6.45) is 3.00. The van der Waals surface area contributed by atoms with Gasteiger partial charge in [0.15, 0.2) is 0 Å². The fourth-order valence-corrected chi connectivity index (χ4v) is 0. The van der Waals surface area contributed by atoms with Gasteiger partial charge in [-0.1, -0.05) is 0 Å². The number of hydrogen-bond acceptors (Lipinski definition) is 2. The van der Waals surface area contributed by atoms with E-state index in [4.69, 9.17) is 9.59 Å². The fraction of sp³-hybridized carbons (Fsp3) is 0.500. The van der Waals surface area contributed by atoms with Crippen molar-refractivity contribution < 1.29 is 32.1 Å². The first-order chi connectivity index (χ1) is 2.83. The summed E-state index contributed by atoms with van der Waals surface area (Å²) < 4.78 is 0. The fourth-order valence-electron chi connectivity index (χ4n) is 0. The summed E-state index contributed by atoms with van der Waals surface area (Å²) in [5.74, 6) is 0. The summed E-state index contributed by atoms with van der Waals surface area (Å²) >= 11 is 0. The molecule has 0 aromatic carbocycles. The van der Waals surface area contributed by atoms with Gasteiger partial charge in [0.2, 0.25) is 0 Å². The Bertz CT molecular complexity index is 32.3. The van der Waals surface area contributed by atoms with E-state index < -0.39 is 0 Å². The minimum atomic E-state index is 0. The summed E-state index contributed by atoms with van der Waals surface area (Å²) in [4.78, 5) is 17.4. The van der Waals surface area contributed by atoms with Gasteiger partial charge in [0.25, 0.3) is 0 Å². The van der Waals surface area contributed by atoms with Crippen LogP contribution < -0.4 is 0 Å². The maximum Gasteiger partial charge on any atom is 2.00 e. The molecule has 3 nitrogen and oxygen atoms in total. The predicted octanol–water partition coefficient (Wildman–Crippen LogP) is -0.595. The topological polar surface area (TPSA) is 65.6 Å². The monoisotopic (exact) mass is 160 g/mol. The van der Waals surface area contributed by atoms with Crippen LogP contribution in [0, 0.1) is 0 Å². The van der Waals surface area contributed by atoms with E-state index in [1.54, 1.807) is 0 Å². The standard InChI is InChI=1S/2C2H3O.Fe.H2O/c2*1-2-3;;/h2*1H3;;1H2/q2*-1;+2;. The molecule has 0 atom stereocenters. The molecule has 0 saturated carbocycles. The van der Waals surface area contributed by atoms with Crippen LogP contribution in [-0.2, 0) is 26.7 Å². The zero-order valence-corrected chi connectivity index (χ0v) is 5.77. The molecule has 0 amide bonds. The van der Waals surface area contributed by atoms with Crippen molar-refractivity contribution in [1.29, 1.82) is 0 Å². The molecule has 0 aliphatic carbocycles. The molecule has 0 heterocycles. The molecule has 0 aliphatic rings. The van der Waals surface area contributed by atoms with Gasteiger partial charge in [-0.15, -0.1) is 0 Å². The van der Waals surface area contributed by atoms with Crippen LogP contribution in [0.4, 0.5) is 0 Å². The summed E-state index contributed by atoms with van der Waals surface area (Å²) in [7, 11) is 0. The molecule has 0 radical (unpaired) electrons. The van der Waals surface area contributed by atoms with Gasteiger partial charge in [-0.05, 0) is 0 Å². The number of hydrogen-bond donors (Lipinski definition) is 0. The van der Waals surface area contributed by atoms with E-state index in [9.17, 15) is 0 Å². The number of rotatable bonds is 0. The van der Waals surface area contributed by atoms with Gasteiger partial charge in [0.1, 0.15) is 0 Å². The van der Waals surface area contributed by atoms with Crippen LogP contribution in [0.2, 0.25) is 0 Å². The molecule has 0 rings (SSSR count). The van der Waals surface area contributed by atoms with Crippen LogP contribution in [0.15, 0.2) is 0 Å². The van der Waals surface area contributed by atoms with E-state index in [0.29, 0.717) is 0 Å². The first kappa shape index (κ1) is 24.9. The van der Waals surface area contributed by atoms with E-state index in [-0.39, 0.29) is 22.5 Å². The van der Waals surface area contributed by atoms with Crippen LogP contribution in [0.3, 0.4) is 0 Å². The minimum Gasteiger partial charge on any atom is -0.542 e. The normalized spacial score (nSPS) is 3.25. The third kappa shape index (κ3) is 4150. The second kappa shape index (κ2) is 69.8. The maximum atomic E-state index is 8.68. The average Bonchev–Trinajstić information content (AvgIpc) is 1.39. The summed E-state index contributed by atoms with van der Waals surface area (Å²) in [5, 5.41) is 0. The van der Waals surface area contributed by atoms with Crippen molar-refractivity contribution in [3.8, 4) is 0 Å². The molecule has 4 heteroatoms. The third-order valence-electron chi connectivity index (χ3n) is 0. The molecule has 0 aromatic heterocycles. The Balaban J connectivity index is -0.0000000160. The zero-order chi connectivity index (χ0) is 5.41. The summed E-state index contributed by atoms with van der Waals surface area (Å²) in [5.41, 5.74) is 0. The predicted molar refractivity (Wildman–Crippen MR) is 26.3 cm³/mol. The Morgan fingerprint density at radius 1 is 1.00 bits per heavy atom. The van der Waals surface area contributed by atoms with Crippen LogP contribution >= 0.6 is 0 Å². The van der Waals surface area contributed by atoms with Crippen LogP contribution in [0.25, 0.3) is 0 Å². The van der Waals surface area contributed by atoms with Gasteiger partial charge >= 0.3 is 17.1 Å². The summed E-state index contributed by atoms with van der Waals surface area (Å²) in [6.45, 7) is 2.64. The molecule has 0 fully saturated rings. The van der Waals surface area contributed by atoms with Crippen molar-refractivity contribution in [1.82, 2.24) is 0 Å². The van der Waals surface area contributed by atoms with Crippen molar-refractivity contribution in [2.75, 3.05) is 0 Å². The first-order valence-electron chi connectivity index (χ1n) is 1.41. The zero-order valence-electron chi connectivity index (χ0n) is 4.67. The molecule has 0 aliphatic heterocycles. The Morgan fingerprint density at radius 3 is 1.00 bits per heavy atom. The molecule has 50 valence electrons. The Labute approximate surface area is 59.2 Å². The molecule has 0 unspecified atom stereocenters. The van der Waals surface area contributed by atoms with E-state index >= 15 is 0 Å². The minimum absolute atomic E-state index is 0. The average molecular weight is 160 g/mol. The van der Waals surface area contributed by atoms with Gasteiger partial charge in [-0.2, -0.15) is 13.8 Å². The van der Waals surface area contributed by atoms with E-state index in [1.165, 1.54) is 26.4 Å². The van der Waals surface area contributed by atoms with Crippen molar-refractivity contribution >= 4 is 12.6 Å². The smallest absolute Gasteiger partial charge is 0.542 e. The Kier molecular flexibility index (Phi) is 217. The molecular formula is C4H8FeO3. The molecule has 0 saturated heterocycles. The van der Waals surface area contributed by atoms with Gasteiger partial charge in [-0.25, -0.2) is 0 Å². The Hall–Kier alpha value is -0.181. The second-order valence-corrected chi connectivity index (χ2v) is 0.408. The largest absolute Gasteiger partial charge is 2.00 e. The molecule has 0 bridgehead atoms. The van der Waals surface area contributed by atoms with Gasteiger partial charge in [0, 0.05) is 0 Å². The maximum absolute atomic E-state index is 8.68. The van der Waals surface area contributed by atoms with Gasteiger partial charge < -0.3 is 15.1 Å². The van der Waals surface area contributed by atoms with E-state index in [1.807, 2.05) is 0 Å². The second-order valence-electron chi connectivity index (χ2n) is 0.408. The van der Waals surface area contributed by atoms with Gasteiger partial charge in [0.05, 0.1) is 0 Å². The first-order valence-corrected chi connectivity index (χ1v) is 1.41. The molecular weight excluding hydrogens is 152 g/mol. The third-order valence-corrected chi connectivity index (χ3v) is 0. The van der Waals surface area contributed by atoms with Gasteiger partial charge in [-0.3, -0.25) is 12.6 Å². The van der Waals surface area contributed by atoms with Crippen molar-refractivity contribution in [2.24, 2.45) is 0 Å². The number of carbonyl (C=O) groups excluding carboxylic acids is 2. The van der Waals surface area contributed by atoms with Crippen LogP contribution in [0.1, 0.15) is 13.8 Å². The van der Waals surface area contributed by atoms with Crippen LogP contribution in [-0.4, -0.2) is 18.0 Å². The van der Waals surface area contributed by atoms with Crippen LogP contribution in [0.5, 0.6) is 0 Å². The summed E-state index contributed by atoms with van der Waals surface area (Å²) in [6, 6.07) is 0. The molecule has 2 N–H and O–H groups in total. The van der Waals surface area contributed by atoms with E-state index in [2.05, 4.69) is 0 Å².